The van der Waals surface area contributed by atoms with Gasteiger partial charge in [-0.25, -0.2) is 4.79 Å². The van der Waals surface area contributed by atoms with Crippen LogP contribution in [0.3, 0.4) is 0 Å². The van der Waals surface area contributed by atoms with Crippen LogP contribution in [0, 0.1) is 0 Å². The number of rotatable bonds is 6. The fourth-order valence-electron chi connectivity index (χ4n) is 2.80. The molecule has 0 bridgehead atoms. The first-order valence-electron chi connectivity index (χ1n) is 8.24. The molecule has 1 saturated heterocycles. The number of nitrogens with one attached hydrogen (secondary N) is 2. The zero-order chi connectivity index (χ0) is 15.8. The summed E-state index contributed by atoms with van der Waals surface area (Å²) in [7, 11) is 0. The second-order valence-corrected chi connectivity index (χ2v) is 5.68. The van der Waals surface area contributed by atoms with Crippen LogP contribution in [-0.4, -0.2) is 43.2 Å². The first-order chi connectivity index (χ1) is 10.7. The highest BCUT2D eigenvalue weighted by molar-refractivity contribution is 5.89. The summed E-state index contributed by atoms with van der Waals surface area (Å²) in [6.45, 7) is 8.05. The van der Waals surface area contributed by atoms with Gasteiger partial charge in [-0.2, -0.15) is 0 Å². The van der Waals surface area contributed by atoms with Crippen molar-refractivity contribution in [3.63, 3.8) is 0 Å². The first kappa shape index (κ1) is 16.6. The molecule has 22 heavy (non-hydrogen) atoms. The first-order valence-corrected chi connectivity index (χ1v) is 8.24. The summed E-state index contributed by atoms with van der Waals surface area (Å²) in [5, 5.41) is 5.94. The molecule has 1 aliphatic heterocycles. The molecule has 0 saturated carbocycles. The van der Waals surface area contributed by atoms with Gasteiger partial charge >= 0.3 is 6.03 Å². The highest BCUT2D eigenvalue weighted by atomic mass is 16.5. The van der Waals surface area contributed by atoms with Crippen molar-refractivity contribution in [3.05, 3.63) is 24.3 Å². The number of urea groups is 1. The normalized spacial score (nSPS) is 16.3. The largest absolute Gasteiger partial charge is 0.494 e. The van der Waals surface area contributed by atoms with E-state index in [1.54, 1.807) is 0 Å². The van der Waals surface area contributed by atoms with Crippen molar-refractivity contribution in [2.24, 2.45) is 0 Å². The van der Waals surface area contributed by atoms with Crippen LogP contribution in [0.15, 0.2) is 24.3 Å². The van der Waals surface area contributed by atoms with Crippen LogP contribution < -0.4 is 15.4 Å². The molecule has 1 aromatic carbocycles. The minimum Gasteiger partial charge on any atom is -0.494 e. The van der Waals surface area contributed by atoms with Crippen LogP contribution in [0.4, 0.5) is 10.5 Å². The van der Waals surface area contributed by atoms with Gasteiger partial charge in [0.1, 0.15) is 5.75 Å². The highest BCUT2D eigenvalue weighted by Gasteiger charge is 2.19. The van der Waals surface area contributed by atoms with E-state index in [4.69, 9.17) is 4.74 Å². The lowest BCUT2D eigenvalue weighted by molar-refractivity contribution is 0.196. The summed E-state index contributed by atoms with van der Waals surface area (Å²) >= 11 is 0. The number of piperidine rings is 1. The van der Waals surface area contributed by atoms with Gasteiger partial charge in [-0.05, 0) is 44.9 Å². The Morgan fingerprint density at radius 3 is 2.77 bits per heavy atom. The smallest absolute Gasteiger partial charge is 0.319 e. The molecule has 0 aliphatic carbocycles. The molecule has 0 atom stereocenters. The zero-order valence-electron chi connectivity index (χ0n) is 13.6. The Hall–Kier alpha value is -1.75. The molecule has 2 rings (SSSR count). The van der Waals surface area contributed by atoms with Crippen molar-refractivity contribution in [3.8, 4) is 5.75 Å². The number of hydrogen-bond acceptors (Lipinski definition) is 3. The molecule has 1 heterocycles. The number of likely N-dealkylation sites (tertiary alicyclic amines) is 1. The summed E-state index contributed by atoms with van der Waals surface area (Å²) in [4.78, 5) is 14.5. The van der Waals surface area contributed by atoms with Crippen LogP contribution >= 0.6 is 0 Å². The molecule has 5 heteroatoms. The van der Waals surface area contributed by atoms with Gasteiger partial charge < -0.3 is 20.3 Å². The highest BCUT2D eigenvalue weighted by Crippen LogP contribution is 2.17. The number of amides is 2. The SMILES string of the molecule is CCCN1CCC(NC(=O)Nc2cccc(OCC)c2)CC1. The van der Waals surface area contributed by atoms with E-state index in [-0.39, 0.29) is 12.1 Å². The van der Waals surface area contributed by atoms with E-state index in [1.807, 2.05) is 31.2 Å². The lowest BCUT2D eigenvalue weighted by Gasteiger charge is -2.32. The van der Waals surface area contributed by atoms with E-state index in [0.29, 0.717) is 6.61 Å². The van der Waals surface area contributed by atoms with E-state index in [1.165, 1.54) is 6.42 Å². The number of carbonyl (C=O) groups is 1. The third-order valence-electron chi connectivity index (χ3n) is 3.87. The van der Waals surface area contributed by atoms with Gasteiger partial charge in [0, 0.05) is 30.9 Å². The van der Waals surface area contributed by atoms with Gasteiger partial charge in [0.05, 0.1) is 6.61 Å². The van der Waals surface area contributed by atoms with Crippen molar-refractivity contribution in [1.82, 2.24) is 10.2 Å². The van der Waals surface area contributed by atoms with E-state index >= 15 is 0 Å². The second kappa shape index (κ2) is 8.63. The number of carbonyl (C=O) groups excluding carboxylic acids is 1. The molecule has 122 valence electrons. The fourth-order valence-corrected chi connectivity index (χ4v) is 2.80. The van der Waals surface area contributed by atoms with Crippen molar-refractivity contribution in [2.75, 3.05) is 31.6 Å². The van der Waals surface area contributed by atoms with Gasteiger partial charge in [-0.15, -0.1) is 0 Å². The van der Waals surface area contributed by atoms with E-state index < -0.39 is 0 Å². The number of hydrogen-bond donors (Lipinski definition) is 2. The van der Waals surface area contributed by atoms with Crippen LogP contribution in [0.1, 0.15) is 33.1 Å². The Bertz CT molecular complexity index is 471. The second-order valence-electron chi connectivity index (χ2n) is 5.68. The number of benzene rings is 1. The Balaban J connectivity index is 1.77. The predicted octanol–water partition coefficient (Wildman–Crippen LogP) is 3.08. The third-order valence-corrected chi connectivity index (χ3v) is 3.87. The van der Waals surface area contributed by atoms with Gasteiger partial charge in [0.25, 0.3) is 0 Å². The maximum absolute atomic E-state index is 12.1. The van der Waals surface area contributed by atoms with E-state index in [2.05, 4.69) is 22.5 Å². The summed E-state index contributed by atoms with van der Waals surface area (Å²) < 4.78 is 5.44. The molecule has 2 amide bonds. The molecule has 2 N–H and O–H groups in total. The number of nitrogens with zero attached hydrogens (tertiary/aromatic N) is 1. The minimum absolute atomic E-state index is 0.136. The average Bonchev–Trinajstić information content (AvgIpc) is 2.50. The molecule has 0 unspecified atom stereocenters. The molecule has 1 aromatic rings. The quantitative estimate of drug-likeness (QED) is 0.849. The van der Waals surface area contributed by atoms with E-state index in [0.717, 1.165) is 43.9 Å². The molecule has 0 spiro atoms. The molecule has 1 aliphatic rings. The van der Waals surface area contributed by atoms with Crippen molar-refractivity contribution < 1.29 is 9.53 Å². The van der Waals surface area contributed by atoms with Crippen molar-refractivity contribution in [2.45, 2.75) is 39.2 Å². The minimum atomic E-state index is -0.136. The fraction of sp³-hybridized carbons (Fsp3) is 0.588. The molecule has 0 radical (unpaired) electrons. The van der Waals surface area contributed by atoms with Crippen molar-refractivity contribution in [1.29, 1.82) is 0 Å². The van der Waals surface area contributed by atoms with Gasteiger partial charge in [0.2, 0.25) is 0 Å². The van der Waals surface area contributed by atoms with Gasteiger partial charge in [-0.3, -0.25) is 0 Å². The third kappa shape index (κ3) is 5.22. The lowest BCUT2D eigenvalue weighted by Crippen LogP contribution is -2.46. The monoisotopic (exact) mass is 305 g/mol. The summed E-state index contributed by atoms with van der Waals surface area (Å²) in [6.07, 6.45) is 3.23. The van der Waals surface area contributed by atoms with Crippen LogP contribution in [0.25, 0.3) is 0 Å². The maximum Gasteiger partial charge on any atom is 0.319 e. The Labute approximate surface area is 133 Å². The predicted molar refractivity (Wildman–Crippen MR) is 89.5 cm³/mol. The Morgan fingerprint density at radius 1 is 1.32 bits per heavy atom. The Kier molecular flexibility index (Phi) is 6.52. The average molecular weight is 305 g/mol. The van der Waals surface area contributed by atoms with Crippen LogP contribution in [0.2, 0.25) is 0 Å². The van der Waals surface area contributed by atoms with E-state index in [9.17, 15) is 4.79 Å². The van der Waals surface area contributed by atoms with Gasteiger partial charge in [-0.1, -0.05) is 13.0 Å². The topological polar surface area (TPSA) is 53.6 Å². The molecule has 0 aromatic heterocycles. The van der Waals surface area contributed by atoms with Crippen LogP contribution in [0.5, 0.6) is 5.75 Å². The summed E-state index contributed by atoms with van der Waals surface area (Å²) in [5.74, 6) is 0.771. The molecular formula is C17H27N3O2. The van der Waals surface area contributed by atoms with Gasteiger partial charge in [0.15, 0.2) is 0 Å². The Morgan fingerprint density at radius 2 is 2.09 bits per heavy atom. The van der Waals surface area contributed by atoms with Crippen LogP contribution in [-0.2, 0) is 0 Å². The standard InChI is InChI=1S/C17H27N3O2/c1-3-10-20-11-8-14(9-12-20)18-17(21)19-15-6-5-7-16(13-15)22-4-2/h5-7,13-14H,3-4,8-12H2,1-2H3,(H2,18,19,21). The summed E-state index contributed by atoms with van der Waals surface area (Å²) in [5.41, 5.74) is 0.756. The molecular weight excluding hydrogens is 278 g/mol. The van der Waals surface area contributed by atoms with Crippen molar-refractivity contribution >= 4 is 11.7 Å². The zero-order valence-corrected chi connectivity index (χ0v) is 13.6. The summed E-state index contributed by atoms with van der Waals surface area (Å²) in [6, 6.07) is 7.60. The molecule has 1 fully saturated rings. The number of anilines is 1. The number of ether oxygens (including phenoxy) is 1. The molecule has 5 nitrogen and oxygen atoms in total. The maximum atomic E-state index is 12.1. The lowest BCUT2D eigenvalue weighted by atomic mass is 10.1.